The molecule has 1 atom stereocenters. The maximum Gasteiger partial charge on any atom is 0.410 e. The summed E-state index contributed by atoms with van der Waals surface area (Å²) >= 11 is 0. The first-order chi connectivity index (χ1) is 11.6. The number of ether oxygens (including phenoxy) is 3. The van der Waals surface area contributed by atoms with Crippen molar-refractivity contribution in [2.75, 3.05) is 27.9 Å². The van der Waals surface area contributed by atoms with Gasteiger partial charge in [-0.3, -0.25) is 0 Å². The number of carbonyl (C=O) groups is 1. The Morgan fingerprint density at radius 1 is 1.29 bits per heavy atom. The molecule has 0 bridgehead atoms. The Morgan fingerprint density at radius 2 is 2.04 bits per heavy atom. The van der Waals surface area contributed by atoms with E-state index in [1.165, 1.54) is 0 Å². The number of hydrogen-bond acceptors (Lipinski definition) is 5. The molecule has 1 heterocycles. The highest BCUT2D eigenvalue weighted by Crippen LogP contribution is 2.40. The molecule has 0 spiro atoms. The second-order valence-corrected chi connectivity index (χ2v) is 5.85. The average molecular weight is 336 g/mol. The summed E-state index contributed by atoms with van der Waals surface area (Å²) in [4.78, 5) is 14.1. The predicted molar refractivity (Wildman–Crippen MR) is 92.7 cm³/mol. The Bertz CT molecular complexity index is 589. The van der Waals surface area contributed by atoms with Crippen LogP contribution in [0.25, 0.3) is 0 Å². The van der Waals surface area contributed by atoms with E-state index in [1.54, 1.807) is 19.1 Å². The third-order valence-electron chi connectivity index (χ3n) is 4.51. The van der Waals surface area contributed by atoms with Crippen molar-refractivity contribution in [3.8, 4) is 11.5 Å². The maximum absolute atomic E-state index is 12.3. The van der Waals surface area contributed by atoms with Crippen molar-refractivity contribution >= 4 is 6.09 Å². The molecule has 1 N–H and O–H groups in total. The van der Waals surface area contributed by atoms with E-state index in [1.807, 2.05) is 20.0 Å². The molecule has 0 aromatic heterocycles. The molecule has 1 aliphatic heterocycles. The van der Waals surface area contributed by atoms with Gasteiger partial charge >= 0.3 is 6.09 Å². The van der Waals surface area contributed by atoms with Crippen LogP contribution in [0.3, 0.4) is 0 Å². The van der Waals surface area contributed by atoms with Crippen LogP contribution in [0, 0.1) is 0 Å². The van der Waals surface area contributed by atoms with Crippen LogP contribution in [-0.2, 0) is 24.2 Å². The number of rotatable bonds is 6. The zero-order valence-electron chi connectivity index (χ0n) is 15.3. The van der Waals surface area contributed by atoms with E-state index in [9.17, 15) is 4.79 Å². The predicted octanol–water partition coefficient (Wildman–Crippen LogP) is 2.72. The molecule has 0 saturated heterocycles. The lowest BCUT2D eigenvalue weighted by molar-refractivity contribution is 0.0805. The SMILES string of the molecule is CCOC(=O)N1Cc2c(OC)cc(CNC)c(OC)c2CC1CC. The van der Waals surface area contributed by atoms with Crippen LogP contribution in [0.2, 0.25) is 0 Å². The normalized spacial score (nSPS) is 16.5. The summed E-state index contributed by atoms with van der Waals surface area (Å²) in [7, 11) is 5.26. The number of fused-ring (bicyclic) bond motifs is 1. The summed E-state index contributed by atoms with van der Waals surface area (Å²) in [5.74, 6) is 1.68. The molecule has 6 nitrogen and oxygen atoms in total. The molecule has 0 fully saturated rings. The summed E-state index contributed by atoms with van der Waals surface area (Å²) < 4.78 is 16.5. The fraction of sp³-hybridized carbons (Fsp3) is 0.611. The Hall–Kier alpha value is -1.95. The van der Waals surface area contributed by atoms with Gasteiger partial charge in [0, 0.05) is 29.3 Å². The minimum Gasteiger partial charge on any atom is -0.496 e. The summed E-state index contributed by atoms with van der Waals surface area (Å²) in [5, 5.41) is 3.17. The van der Waals surface area contributed by atoms with Gasteiger partial charge in [0.25, 0.3) is 0 Å². The van der Waals surface area contributed by atoms with Gasteiger partial charge in [0.15, 0.2) is 0 Å². The van der Waals surface area contributed by atoms with Gasteiger partial charge in [-0.2, -0.15) is 0 Å². The first-order valence-corrected chi connectivity index (χ1v) is 8.44. The van der Waals surface area contributed by atoms with E-state index in [0.29, 0.717) is 19.7 Å². The quantitative estimate of drug-likeness (QED) is 0.865. The number of amides is 1. The van der Waals surface area contributed by atoms with E-state index in [0.717, 1.165) is 41.0 Å². The van der Waals surface area contributed by atoms with Gasteiger partial charge in [0.1, 0.15) is 11.5 Å². The molecule has 24 heavy (non-hydrogen) atoms. The number of benzene rings is 1. The van der Waals surface area contributed by atoms with Gasteiger partial charge in [0.05, 0.1) is 27.4 Å². The lowest BCUT2D eigenvalue weighted by Crippen LogP contribution is -2.44. The fourth-order valence-corrected chi connectivity index (χ4v) is 3.37. The molecule has 1 aromatic rings. The third kappa shape index (κ3) is 3.43. The molecule has 1 aromatic carbocycles. The van der Waals surface area contributed by atoms with Gasteiger partial charge in [-0.1, -0.05) is 6.92 Å². The van der Waals surface area contributed by atoms with Crippen LogP contribution in [0.5, 0.6) is 11.5 Å². The van der Waals surface area contributed by atoms with Crippen molar-refractivity contribution in [2.24, 2.45) is 0 Å². The summed E-state index contributed by atoms with van der Waals surface area (Å²) in [6.45, 7) is 5.46. The lowest BCUT2D eigenvalue weighted by atomic mass is 9.89. The molecule has 0 aliphatic carbocycles. The number of nitrogens with zero attached hydrogens (tertiary/aromatic N) is 1. The van der Waals surface area contributed by atoms with Gasteiger partial charge in [0.2, 0.25) is 0 Å². The fourth-order valence-electron chi connectivity index (χ4n) is 3.37. The van der Waals surface area contributed by atoms with Crippen molar-refractivity contribution in [1.29, 1.82) is 0 Å². The number of hydrogen-bond donors (Lipinski definition) is 1. The minimum atomic E-state index is -0.268. The largest absolute Gasteiger partial charge is 0.496 e. The zero-order chi connectivity index (χ0) is 17.7. The monoisotopic (exact) mass is 336 g/mol. The Morgan fingerprint density at radius 3 is 2.58 bits per heavy atom. The average Bonchev–Trinajstić information content (AvgIpc) is 2.60. The molecule has 1 amide bonds. The third-order valence-corrected chi connectivity index (χ3v) is 4.51. The van der Waals surface area contributed by atoms with E-state index < -0.39 is 0 Å². The highest BCUT2D eigenvalue weighted by molar-refractivity contribution is 5.70. The van der Waals surface area contributed by atoms with Crippen LogP contribution >= 0.6 is 0 Å². The number of carbonyl (C=O) groups excluding carboxylic acids is 1. The molecule has 0 saturated carbocycles. The van der Waals surface area contributed by atoms with Crippen LogP contribution in [0.15, 0.2) is 6.07 Å². The summed E-state index contributed by atoms with van der Waals surface area (Å²) in [6.07, 6.45) is 1.33. The van der Waals surface area contributed by atoms with E-state index in [2.05, 4.69) is 12.2 Å². The zero-order valence-corrected chi connectivity index (χ0v) is 15.3. The van der Waals surface area contributed by atoms with Gasteiger partial charge in [-0.15, -0.1) is 0 Å². The molecule has 0 radical (unpaired) electrons. The van der Waals surface area contributed by atoms with Gasteiger partial charge < -0.3 is 24.4 Å². The van der Waals surface area contributed by atoms with E-state index in [-0.39, 0.29) is 12.1 Å². The maximum atomic E-state index is 12.3. The number of methoxy groups -OCH3 is 2. The molecule has 1 unspecified atom stereocenters. The topological polar surface area (TPSA) is 60.0 Å². The lowest BCUT2D eigenvalue weighted by Gasteiger charge is -2.37. The van der Waals surface area contributed by atoms with E-state index >= 15 is 0 Å². The van der Waals surface area contributed by atoms with Crippen LogP contribution in [0.4, 0.5) is 4.79 Å². The van der Waals surface area contributed by atoms with Crippen LogP contribution in [0.1, 0.15) is 37.0 Å². The van der Waals surface area contributed by atoms with Crippen molar-refractivity contribution in [3.63, 3.8) is 0 Å². The van der Waals surface area contributed by atoms with Crippen molar-refractivity contribution in [1.82, 2.24) is 10.2 Å². The standard InChI is InChI=1S/C18H28N2O4/c1-6-13-9-14-15(11-20(13)18(21)24-7-2)16(22-4)8-12(10-19-3)17(14)23-5/h8,13,19H,6-7,9-11H2,1-5H3. The second-order valence-electron chi connectivity index (χ2n) is 5.85. The smallest absolute Gasteiger partial charge is 0.410 e. The van der Waals surface area contributed by atoms with E-state index in [4.69, 9.17) is 14.2 Å². The van der Waals surface area contributed by atoms with Gasteiger partial charge in [-0.05, 0) is 32.9 Å². The number of nitrogens with one attached hydrogen (secondary N) is 1. The first-order valence-electron chi connectivity index (χ1n) is 8.44. The molecular formula is C18H28N2O4. The molecular weight excluding hydrogens is 308 g/mol. The van der Waals surface area contributed by atoms with Crippen LogP contribution < -0.4 is 14.8 Å². The highest BCUT2D eigenvalue weighted by atomic mass is 16.6. The summed E-state index contributed by atoms with van der Waals surface area (Å²) in [5.41, 5.74) is 3.21. The van der Waals surface area contributed by atoms with Crippen molar-refractivity contribution < 1.29 is 19.0 Å². The minimum absolute atomic E-state index is 0.0972. The Balaban J connectivity index is 2.50. The summed E-state index contributed by atoms with van der Waals surface area (Å²) in [6, 6.07) is 2.09. The molecule has 6 heteroatoms. The van der Waals surface area contributed by atoms with Crippen molar-refractivity contribution in [3.05, 3.63) is 22.8 Å². The van der Waals surface area contributed by atoms with Gasteiger partial charge in [-0.25, -0.2) is 4.79 Å². The van der Waals surface area contributed by atoms with Crippen molar-refractivity contribution in [2.45, 2.75) is 45.8 Å². The molecule has 2 rings (SSSR count). The van der Waals surface area contributed by atoms with Crippen LogP contribution in [-0.4, -0.2) is 44.9 Å². The molecule has 134 valence electrons. The highest BCUT2D eigenvalue weighted by Gasteiger charge is 2.34. The molecule has 1 aliphatic rings. The Labute approximate surface area is 144 Å². The first kappa shape index (κ1) is 18.4. The second kappa shape index (κ2) is 8.24. The Kier molecular flexibility index (Phi) is 6.31.